The van der Waals surface area contributed by atoms with Gasteiger partial charge >= 0.3 is 0 Å². The lowest BCUT2D eigenvalue weighted by Crippen LogP contribution is -2.35. The number of rotatable bonds is 7. The molecule has 4 nitrogen and oxygen atoms in total. The van der Waals surface area contributed by atoms with Crippen LogP contribution in [0.25, 0.3) is 0 Å². The van der Waals surface area contributed by atoms with Crippen molar-refractivity contribution in [2.45, 2.75) is 20.4 Å². The lowest BCUT2D eigenvalue weighted by Gasteiger charge is -2.13. The van der Waals surface area contributed by atoms with Crippen molar-refractivity contribution in [3.05, 3.63) is 29.8 Å². The van der Waals surface area contributed by atoms with E-state index in [0.29, 0.717) is 13.1 Å². The van der Waals surface area contributed by atoms with Crippen LogP contribution >= 0.6 is 0 Å². The van der Waals surface area contributed by atoms with E-state index in [1.54, 1.807) is 7.11 Å². The molecule has 1 atom stereocenters. The number of carbonyl (C=O) groups is 1. The number of benzene rings is 1. The fraction of sp³-hybridized carbons (Fsp3) is 0.500. The summed E-state index contributed by atoms with van der Waals surface area (Å²) in [6, 6.07) is 7.70. The molecule has 0 saturated carbocycles. The van der Waals surface area contributed by atoms with Gasteiger partial charge in [-0.1, -0.05) is 32.0 Å². The van der Waals surface area contributed by atoms with Crippen molar-refractivity contribution >= 4 is 5.91 Å². The maximum Gasteiger partial charge on any atom is 0.224 e. The van der Waals surface area contributed by atoms with Crippen LogP contribution in [0.15, 0.2) is 24.3 Å². The summed E-state index contributed by atoms with van der Waals surface area (Å²) in [6.07, 6.45) is 0. The lowest BCUT2D eigenvalue weighted by molar-refractivity contribution is -0.124. The van der Waals surface area contributed by atoms with Crippen LogP contribution in [0.4, 0.5) is 0 Å². The molecule has 1 amide bonds. The number of amides is 1. The van der Waals surface area contributed by atoms with E-state index in [0.717, 1.165) is 17.9 Å². The Kier molecular flexibility index (Phi) is 6.22. The predicted octanol–water partition coefficient (Wildman–Crippen LogP) is 1.56. The molecule has 2 N–H and O–H groups in total. The van der Waals surface area contributed by atoms with Crippen LogP contribution in [-0.2, 0) is 11.3 Å². The zero-order valence-corrected chi connectivity index (χ0v) is 11.3. The fourth-order valence-electron chi connectivity index (χ4n) is 1.66. The minimum atomic E-state index is -0.0281. The summed E-state index contributed by atoms with van der Waals surface area (Å²) in [7, 11) is 1.63. The molecule has 18 heavy (non-hydrogen) atoms. The molecule has 100 valence electrons. The first-order valence-electron chi connectivity index (χ1n) is 6.29. The molecule has 1 rings (SSSR count). The Hall–Kier alpha value is -1.55. The molecule has 0 aromatic heterocycles. The Morgan fingerprint density at radius 1 is 1.39 bits per heavy atom. The third kappa shape index (κ3) is 4.37. The predicted molar refractivity (Wildman–Crippen MR) is 72.5 cm³/mol. The summed E-state index contributed by atoms with van der Waals surface area (Å²) in [6.45, 7) is 6.03. The molecule has 0 aliphatic rings. The smallest absolute Gasteiger partial charge is 0.224 e. The highest BCUT2D eigenvalue weighted by Gasteiger charge is 2.12. The average Bonchev–Trinajstić information content (AvgIpc) is 2.42. The molecule has 0 aliphatic heterocycles. The van der Waals surface area contributed by atoms with E-state index < -0.39 is 0 Å². The number of ether oxygens (including phenoxy) is 1. The van der Waals surface area contributed by atoms with Gasteiger partial charge < -0.3 is 15.4 Å². The average molecular weight is 250 g/mol. The highest BCUT2D eigenvalue weighted by Crippen LogP contribution is 2.16. The van der Waals surface area contributed by atoms with Crippen molar-refractivity contribution < 1.29 is 9.53 Å². The van der Waals surface area contributed by atoms with Crippen LogP contribution in [0.3, 0.4) is 0 Å². The van der Waals surface area contributed by atoms with E-state index in [2.05, 4.69) is 10.6 Å². The van der Waals surface area contributed by atoms with Crippen molar-refractivity contribution in [2.75, 3.05) is 20.2 Å². The van der Waals surface area contributed by atoms with Gasteiger partial charge in [0, 0.05) is 24.6 Å². The Labute approximate surface area is 109 Å². The van der Waals surface area contributed by atoms with Gasteiger partial charge in [0.15, 0.2) is 0 Å². The van der Waals surface area contributed by atoms with Gasteiger partial charge in [0.2, 0.25) is 5.91 Å². The number of hydrogen-bond donors (Lipinski definition) is 2. The maximum atomic E-state index is 11.8. The van der Waals surface area contributed by atoms with Crippen molar-refractivity contribution in [1.29, 1.82) is 0 Å². The number of hydrogen-bond acceptors (Lipinski definition) is 3. The summed E-state index contributed by atoms with van der Waals surface area (Å²) < 4.78 is 5.24. The molecule has 0 bridgehead atoms. The molecule has 1 aromatic rings. The van der Waals surface area contributed by atoms with Crippen LogP contribution in [-0.4, -0.2) is 26.1 Å². The first kappa shape index (κ1) is 14.5. The molecule has 0 aliphatic carbocycles. The molecular formula is C14H22N2O2. The topological polar surface area (TPSA) is 50.4 Å². The first-order chi connectivity index (χ1) is 8.69. The quantitative estimate of drug-likeness (QED) is 0.772. The highest BCUT2D eigenvalue weighted by molar-refractivity contribution is 5.78. The first-order valence-corrected chi connectivity index (χ1v) is 6.29. The number of methoxy groups -OCH3 is 1. The van der Waals surface area contributed by atoms with Crippen molar-refractivity contribution in [2.24, 2.45) is 5.92 Å². The van der Waals surface area contributed by atoms with Gasteiger partial charge in [-0.3, -0.25) is 4.79 Å². The third-order valence-corrected chi connectivity index (χ3v) is 2.79. The molecule has 0 saturated heterocycles. The second-order valence-electron chi connectivity index (χ2n) is 4.24. The van der Waals surface area contributed by atoms with Crippen LogP contribution in [0, 0.1) is 5.92 Å². The van der Waals surface area contributed by atoms with Gasteiger partial charge in [-0.15, -0.1) is 0 Å². The Bertz CT molecular complexity index is 380. The SMILES string of the molecule is CCNCC(C)C(=O)NCc1ccccc1OC. The van der Waals surface area contributed by atoms with Crippen LogP contribution in [0.1, 0.15) is 19.4 Å². The minimum Gasteiger partial charge on any atom is -0.496 e. The molecular weight excluding hydrogens is 228 g/mol. The van der Waals surface area contributed by atoms with Gasteiger partial charge in [0.1, 0.15) is 5.75 Å². The largest absolute Gasteiger partial charge is 0.496 e. The molecule has 0 radical (unpaired) electrons. The molecule has 4 heteroatoms. The lowest BCUT2D eigenvalue weighted by atomic mass is 10.1. The molecule has 1 unspecified atom stereocenters. The standard InChI is InChI=1S/C14H22N2O2/c1-4-15-9-11(2)14(17)16-10-12-7-5-6-8-13(12)18-3/h5-8,11,15H,4,9-10H2,1-3H3,(H,16,17). The summed E-state index contributed by atoms with van der Waals surface area (Å²) in [4.78, 5) is 11.8. The van der Waals surface area contributed by atoms with Gasteiger partial charge in [0.05, 0.1) is 7.11 Å². The van der Waals surface area contributed by atoms with Crippen molar-refractivity contribution in [3.8, 4) is 5.75 Å². The van der Waals surface area contributed by atoms with E-state index in [1.165, 1.54) is 0 Å². The second kappa shape index (κ2) is 7.71. The normalized spacial score (nSPS) is 11.9. The number of para-hydroxylation sites is 1. The van der Waals surface area contributed by atoms with Crippen molar-refractivity contribution in [1.82, 2.24) is 10.6 Å². The van der Waals surface area contributed by atoms with Gasteiger partial charge in [0.25, 0.3) is 0 Å². The molecule has 1 aromatic carbocycles. The summed E-state index contributed by atoms with van der Waals surface area (Å²) in [5, 5.41) is 6.09. The van der Waals surface area contributed by atoms with Gasteiger partial charge in [-0.25, -0.2) is 0 Å². The summed E-state index contributed by atoms with van der Waals surface area (Å²) in [5.74, 6) is 0.832. The van der Waals surface area contributed by atoms with Crippen LogP contribution in [0.5, 0.6) is 5.75 Å². The summed E-state index contributed by atoms with van der Waals surface area (Å²) in [5.41, 5.74) is 0.990. The van der Waals surface area contributed by atoms with Gasteiger partial charge in [-0.2, -0.15) is 0 Å². The van der Waals surface area contributed by atoms with E-state index >= 15 is 0 Å². The molecule has 0 spiro atoms. The van der Waals surface area contributed by atoms with E-state index in [9.17, 15) is 4.79 Å². The zero-order valence-electron chi connectivity index (χ0n) is 11.3. The number of nitrogens with one attached hydrogen (secondary N) is 2. The Morgan fingerprint density at radius 3 is 2.78 bits per heavy atom. The Morgan fingerprint density at radius 2 is 2.11 bits per heavy atom. The van der Waals surface area contributed by atoms with Crippen molar-refractivity contribution in [3.63, 3.8) is 0 Å². The molecule has 0 fully saturated rings. The zero-order chi connectivity index (χ0) is 13.4. The highest BCUT2D eigenvalue weighted by atomic mass is 16.5. The Balaban J connectivity index is 2.46. The number of carbonyl (C=O) groups excluding carboxylic acids is 1. The molecule has 0 heterocycles. The van der Waals surface area contributed by atoms with E-state index in [-0.39, 0.29) is 11.8 Å². The van der Waals surface area contributed by atoms with Gasteiger partial charge in [-0.05, 0) is 12.6 Å². The minimum absolute atomic E-state index is 0.0281. The maximum absolute atomic E-state index is 11.8. The second-order valence-corrected chi connectivity index (χ2v) is 4.24. The van der Waals surface area contributed by atoms with E-state index in [4.69, 9.17) is 4.74 Å². The monoisotopic (exact) mass is 250 g/mol. The summed E-state index contributed by atoms with van der Waals surface area (Å²) >= 11 is 0. The van der Waals surface area contributed by atoms with Crippen LogP contribution < -0.4 is 15.4 Å². The van der Waals surface area contributed by atoms with E-state index in [1.807, 2.05) is 38.1 Å². The fourth-order valence-corrected chi connectivity index (χ4v) is 1.66. The third-order valence-electron chi connectivity index (χ3n) is 2.79. The van der Waals surface area contributed by atoms with Crippen LogP contribution in [0.2, 0.25) is 0 Å².